The summed E-state index contributed by atoms with van der Waals surface area (Å²) in [6, 6.07) is 4.06. The lowest BCUT2D eigenvalue weighted by atomic mass is 10.1. The Bertz CT molecular complexity index is 389. The molecule has 1 N–H and O–H groups in total. The summed E-state index contributed by atoms with van der Waals surface area (Å²) in [6.45, 7) is 0.465. The molecule has 1 unspecified atom stereocenters. The maximum absolute atomic E-state index is 12.4. The third-order valence-electron chi connectivity index (χ3n) is 2.20. The van der Waals surface area contributed by atoms with Gasteiger partial charge in [0, 0.05) is 5.56 Å². The SMILES string of the molecule is OC(c1cccc2c1OCCO2)C(F)(F)F. The molecule has 0 radical (unpaired) electrons. The molecule has 0 fully saturated rings. The average molecular weight is 234 g/mol. The molecule has 0 spiro atoms. The molecule has 0 saturated heterocycles. The number of hydrogen-bond acceptors (Lipinski definition) is 3. The lowest BCUT2D eigenvalue weighted by Crippen LogP contribution is -2.23. The summed E-state index contributed by atoms with van der Waals surface area (Å²) < 4.78 is 47.3. The van der Waals surface area contributed by atoms with E-state index in [4.69, 9.17) is 14.6 Å². The number of hydrogen-bond donors (Lipinski definition) is 1. The molecule has 2 rings (SSSR count). The van der Waals surface area contributed by atoms with Crippen LogP contribution < -0.4 is 9.47 Å². The van der Waals surface area contributed by atoms with Gasteiger partial charge in [-0.2, -0.15) is 13.2 Å². The first kappa shape index (κ1) is 11.1. The molecule has 88 valence electrons. The smallest absolute Gasteiger partial charge is 0.418 e. The molecule has 0 saturated carbocycles. The lowest BCUT2D eigenvalue weighted by molar-refractivity contribution is -0.207. The fraction of sp³-hybridized carbons (Fsp3) is 0.400. The summed E-state index contributed by atoms with van der Waals surface area (Å²) in [4.78, 5) is 0. The van der Waals surface area contributed by atoms with E-state index in [9.17, 15) is 13.2 Å². The topological polar surface area (TPSA) is 38.7 Å². The van der Waals surface area contributed by atoms with Gasteiger partial charge in [-0.25, -0.2) is 0 Å². The van der Waals surface area contributed by atoms with Crippen molar-refractivity contribution in [2.75, 3.05) is 13.2 Å². The van der Waals surface area contributed by atoms with E-state index in [-0.39, 0.29) is 23.7 Å². The number of aliphatic hydroxyl groups is 1. The third kappa shape index (κ3) is 1.92. The number of aliphatic hydroxyl groups excluding tert-OH is 1. The monoisotopic (exact) mass is 234 g/mol. The summed E-state index contributed by atoms with van der Waals surface area (Å²) in [5, 5.41) is 9.15. The van der Waals surface area contributed by atoms with E-state index >= 15 is 0 Å². The van der Waals surface area contributed by atoms with E-state index in [1.165, 1.54) is 18.2 Å². The highest BCUT2D eigenvalue weighted by atomic mass is 19.4. The molecular weight excluding hydrogens is 225 g/mol. The van der Waals surface area contributed by atoms with Gasteiger partial charge in [-0.1, -0.05) is 12.1 Å². The fourth-order valence-electron chi connectivity index (χ4n) is 1.49. The molecule has 0 amide bonds. The number of rotatable bonds is 1. The highest BCUT2D eigenvalue weighted by Gasteiger charge is 2.41. The first-order chi connectivity index (χ1) is 7.50. The number of alkyl halides is 3. The van der Waals surface area contributed by atoms with Crippen LogP contribution >= 0.6 is 0 Å². The molecule has 1 aromatic carbocycles. The van der Waals surface area contributed by atoms with E-state index in [0.717, 1.165) is 0 Å². The molecule has 16 heavy (non-hydrogen) atoms. The van der Waals surface area contributed by atoms with Gasteiger partial charge in [-0.3, -0.25) is 0 Å². The van der Waals surface area contributed by atoms with Gasteiger partial charge in [0.2, 0.25) is 0 Å². The van der Waals surface area contributed by atoms with Crippen LogP contribution in [0.5, 0.6) is 11.5 Å². The molecule has 1 heterocycles. The minimum atomic E-state index is -4.71. The van der Waals surface area contributed by atoms with E-state index in [2.05, 4.69) is 0 Å². The first-order valence-corrected chi connectivity index (χ1v) is 4.63. The highest BCUT2D eigenvalue weighted by molar-refractivity contribution is 5.48. The fourth-order valence-corrected chi connectivity index (χ4v) is 1.49. The summed E-state index contributed by atoms with van der Waals surface area (Å²) in [5.41, 5.74) is -0.315. The van der Waals surface area contributed by atoms with Crippen molar-refractivity contribution in [3.05, 3.63) is 23.8 Å². The predicted octanol–water partition coefficient (Wildman–Crippen LogP) is 2.05. The van der Waals surface area contributed by atoms with Crippen molar-refractivity contribution in [2.45, 2.75) is 12.3 Å². The van der Waals surface area contributed by atoms with Crippen molar-refractivity contribution in [3.8, 4) is 11.5 Å². The van der Waals surface area contributed by atoms with E-state index in [1.807, 2.05) is 0 Å². The minimum absolute atomic E-state index is 0.0291. The van der Waals surface area contributed by atoms with Gasteiger partial charge in [-0.05, 0) is 6.07 Å². The van der Waals surface area contributed by atoms with Gasteiger partial charge in [0.05, 0.1) is 0 Å². The van der Waals surface area contributed by atoms with Crippen LogP contribution in [-0.2, 0) is 0 Å². The Kier molecular flexibility index (Phi) is 2.67. The maximum atomic E-state index is 12.4. The van der Waals surface area contributed by atoms with Crippen LogP contribution in [0, 0.1) is 0 Å². The van der Waals surface area contributed by atoms with Crippen LogP contribution in [0.1, 0.15) is 11.7 Å². The first-order valence-electron chi connectivity index (χ1n) is 4.63. The van der Waals surface area contributed by atoms with Crippen molar-refractivity contribution in [1.29, 1.82) is 0 Å². The van der Waals surface area contributed by atoms with Crippen LogP contribution in [0.15, 0.2) is 18.2 Å². The highest BCUT2D eigenvalue weighted by Crippen LogP contribution is 2.42. The van der Waals surface area contributed by atoms with Crippen LogP contribution in [0.25, 0.3) is 0 Å². The quantitative estimate of drug-likeness (QED) is 0.808. The molecule has 0 bridgehead atoms. The van der Waals surface area contributed by atoms with Gasteiger partial charge in [-0.15, -0.1) is 0 Å². The Morgan fingerprint density at radius 1 is 1.19 bits per heavy atom. The van der Waals surface area contributed by atoms with Gasteiger partial charge >= 0.3 is 6.18 Å². The van der Waals surface area contributed by atoms with Gasteiger partial charge < -0.3 is 14.6 Å². The van der Waals surface area contributed by atoms with Crippen molar-refractivity contribution in [1.82, 2.24) is 0 Å². The Balaban J connectivity index is 2.41. The zero-order valence-corrected chi connectivity index (χ0v) is 8.12. The van der Waals surface area contributed by atoms with Crippen LogP contribution in [0.3, 0.4) is 0 Å². The normalized spacial score (nSPS) is 17.0. The standard InChI is InChI=1S/C10H9F3O3/c11-10(12,13)9(14)6-2-1-3-7-8(6)16-5-4-15-7/h1-3,9,14H,4-5H2. The lowest BCUT2D eigenvalue weighted by Gasteiger charge is -2.23. The molecule has 1 atom stereocenters. The number of para-hydroxylation sites is 1. The summed E-state index contributed by atoms with van der Waals surface area (Å²) in [5.74, 6) is 0.200. The largest absolute Gasteiger partial charge is 0.486 e. The second-order valence-electron chi connectivity index (χ2n) is 3.32. The molecule has 3 nitrogen and oxygen atoms in total. The summed E-state index contributed by atoms with van der Waals surface area (Å²) in [6.07, 6.45) is -7.26. The average Bonchev–Trinajstić information content (AvgIpc) is 2.26. The molecule has 0 aromatic heterocycles. The molecule has 1 aromatic rings. The van der Waals surface area contributed by atoms with E-state index in [1.54, 1.807) is 0 Å². The Labute approximate surface area is 89.4 Å². The second-order valence-corrected chi connectivity index (χ2v) is 3.32. The summed E-state index contributed by atoms with van der Waals surface area (Å²) >= 11 is 0. The predicted molar refractivity (Wildman–Crippen MR) is 48.4 cm³/mol. The van der Waals surface area contributed by atoms with Crippen LogP contribution in [0.4, 0.5) is 13.2 Å². The zero-order valence-electron chi connectivity index (χ0n) is 8.12. The number of benzene rings is 1. The van der Waals surface area contributed by atoms with E-state index < -0.39 is 12.3 Å². The van der Waals surface area contributed by atoms with Crippen LogP contribution in [0.2, 0.25) is 0 Å². The number of ether oxygens (including phenoxy) is 2. The van der Waals surface area contributed by atoms with Crippen molar-refractivity contribution < 1.29 is 27.8 Å². The third-order valence-corrected chi connectivity index (χ3v) is 2.20. The minimum Gasteiger partial charge on any atom is -0.486 e. The second kappa shape index (κ2) is 3.86. The summed E-state index contributed by atoms with van der Waals surface area (Å²) in [7, 11) is 0. The maximum Gasteiger partial charge on any atom is 0.418 e. The van der Waals surface area contributed by atoms with Crippen molar-refractivity contribution >= 4 is 0 Å². The molecular formula is C10H9F3O3. The Morgan fingerprint density at radius 3 is 2.56 bits per heavy atom. The van der Waals surface area contributed by atoms with Gasteiger partial charge in [0.15, 0.2) is 17.6 Å². The number of halogens is 3. The van der Waals surface area contributed by atoms with Crippen LogP contribution in [-0.4, -0.2) is 24.5 Å². The Morgan fingerprint density at radius 2 is 1.88 bits per heavy atom. The van der Waals surface area contributed by atoms with Crippen molar-refractivity contribution in [3.63, 3.8) is 0 Å². The van der Waals surface area contributed by atoms with E-state index in [0.29, 0.717) is 6.61 Å². The number of fused-ring (bicyclic) bond motifs is 1. The zero-order chi connectivity index (χ0) is 11.8. The Hall–Kier alpha value is -1.43. The van der Waals surface area contributed by atoms with Crippen molar-refractivity contribution in [2.24, 2.45) is 0 Å². The van der Waals surface area contributed by atoms with Gasteiger partial charge in [0.1, 0.15) is 13.2 Å². The molecule has 1 aliphatic heterocycles. The molecule has 1 aliphatic rings. The van der Waals surface area contributed by atoms with Gasteiger partial charge in [0.25, 0.3) is 0 Å². The molecule has 0 aliphatic carbocycles. The molecule has 6 heteroatoms.